The average molecular weight is 285 g/mol. The maximum Gasteiger partial charge on any atom is 0.204 e. The summed E-state index contributed by atoms with van der Waals surface area (Å²) in [6.07, 6.45) is 0. The monoisotopic (exact) mass is 285 g/mol. The Bertz CT molecular complexity index is 746. The van der Waals surface area contributed by atoms with E-state index in [0.717, 1.165) is 10.2 Å². The van der Waals surface area contributed by atoms with Crippen LogP contribution in [-0.2, 0) is 0 Å². The molecule has 0 bridgehead atoms. The number of aromatic nitrogens is 1. The highest BCUT2D eigenvalue weighted by molar-refractivity contribution is 7.22. The van der Waals surface area contributed by atoms with E-state index in [-0.39, 0.29) is 5.82 Å². The third-order valence-corrected chi connectivity index (χ3v) is 3.82. The van der Waals surface area contributed by atoms with E-state index >= 15 is 0 Å². The van der Waals surface area contributed by atoms with Gasteiger partial charge in [0.05, 0.1) is 15.9 Å². The van der Waals surface area contributed by atoms with Crippen LogP contribution in [0.2, 0.25) is 0 Å². The van der Waals surface area contributed by atoms with Gasteiger partial charge in [0.2, 0.25) is 5.13 Å². The van der Waals surface area contributed by atoms with Crippen molar-refractivity contribution in [2.24, 2.45) is 5.10 Å². The third-order valence-electron chi connectivity index (χ3n) is 2.88. The summed E-state index contributed by atoms with van der Waals surface area (Å²) in [5.41, 5.74) is 4.89. The van der Waals surface area contributed by atoms with Crippen molar-refractivity contribution in [2.75, 3.05) is 5.43 Å². The smallest absolute Gasteiger partial charge is 0.204 e. The topological polar surface area (TPSA) is 37.3 Å². The molecule has 0 radical (unpaired) electrons. The van der Waals surface area contributed by atoms with E-state index in [1.54, 1.807) is 25.1 Å². The number of fused-ring (bicyclic) bond motifs is 1. The zero-order valence-corrected chi connectivity index (χ0v) is 11.6. The van der Waals surface area contributed by atoms with E-state index in [1.807, 2.05) is 24.3 Å². The second-order valence-electron chi connectivity index (χ2n) is 4.28. The molecule has 1 N–H and O–H groups in total. The van der Waals surface area contributed by atoms with Gasteiger partial charge >= 0.3 is 0 Å². The van der Waals surface area contributed by atoms with Crippen molar-refractivity contribution in [1.82, 2.24) is 4.98 Å². The minimum absolute atomic E-state index is 0.278. The Kier molecular flexibility index (Phi) is 3.43. The van der Waals surface area contributed by atoms with Crippen LogP contribution >= 0.6 is 11.3 Å². The van der Waals surface area contributed by atoms with E-state index in [1.165, 1.54) is 17.4 Å². The molecule has 0 aliphatic carbocycles. The molecule has 0 spiro atoms. The molecule has 1 heterocycles. The van der Waals surface area contributed by atoms with Crippen LogP contribution < -0.4 is 5.43 Å². The zero-order valence-electron chi connectivity index (χ0n) is 10.8. The minimum Gasteiger partial charge on any atom is -0.252 e. The number of thiazole rings is 1. The summed E-state index contributed by atoms with van der Waals surface area (Å²) < 4.78 is 14.7. The minimum atomic E-state index is -0.278. The van der Waals surface area contributed by atoms with Gasteiger partial charge in [-0.05, 0) is 25.1 Å². The lowest BCUT2D eigenvalue weighted by atomic mass is 10.1. The molecule has 3 nitrogen and oxygen atoms in total. The molecule has 3 rings (SSSR count). The van der Waals surface area contributed by atoms with Crippen molar-refractivity contribution in [2.45, 2.75) is 6.92 Å². The number of para-hydroxylation sites is 1. The highest BCUT2D eigenvalue weighted by atomic mass is 32.1. The lowest BCUT2D eigenvalue weighted by Gasteiger charge is -2.02. The summed E-state index contributed by atoms with van der Waals surface area (Å²) in [6.45, 7) is 1.76. The fourth-order valence-electron chi connectivity index (χ4n) is 1.87. The van der Waals surface area contributed by atoms with Crippen LogP contribution in [0.5, 0.6) is 0 Å². The van der Waals surface area contributed by atoms with Crippen LogP contribution in [0.4, 0.5) is 9.52 Å². The average Bonchev–Trinajstić information content (AvgIpc) is 2.88. The molecule has 0 atom stereocenters. The first-order valence-electron chi connectivity index (χ1n) is 6.15. The summed E-state index contributed by atoms with van der Waals surface area (Å²) >= 11 is 1.52. The van der Waals surface area contributed by atoms with Crippen molar-refractivity contribution in [3.05, 3.63) is 59.9 Å². The van der Waals surface area contributed by atoms with Gasteiger partial charge in [-0.2, -0.15) is 5.10 Å². The van der Waals surface area contributed by atoms with Gasteiger partial charge in [0.1, 0.15) is 5.82 Å². The number of nitrogens with one attached hydrogen (secondary N) is 1. The van der Waals surface area contributed by atoms with Crippen LogP contribution in [0.3, 0.4) is 0 Å². The first kappa shape index (κ1) is 12.7. The Hall–Kier alpha value is -2.27. The summed E-state index contributed by atoms with van der Waals surface area (Å²) in [4.78, 5) is 4.41. The molecule has 100 valence electrons. The summed E-state index contributed by atoms with van der Waals surface area (Å²) in [6, 6.07) is 14.4. The molecule has 3 aromatic rings. The highest BCUT2D eigenvalue weighted by Crippen LogP contribution is 2.25. The Balaban J connectivity index is 1.84. The number of benzene rings is 2. The maximum absolute atomic E-state index is 13.6. The van der Waals surface area contributed by atoms with Gasteiger partial charge in [0, 0.05) is 5.56 Å². The molecule has 0 saturated carbocycles. The predicted molar refractivity (Wildman–Crippen MR) is 81.9 cm³/mol. The first-order chi connectivity index (χ1) is 9.74. The first-order valence-corrected chi connectivity index (χ1v) is 6.96. The molecule has 0 unspecified atom stereocenters. The van der Waals surface area contributed by atoms with Crippen LogP contribution in [0.25, 0.3) is 10.2 Å². The van der Waals surface area contributed by atoms with Crippen molar-refractivity contribution in [3.63, 3.8) is 0 Å². The Morgan fingerprint density at radius 1 is 1.15 bits per heavy atom. The molecule has 0 aliphatic heterocycles. The quantitative estimate of drug-likeness (QED) is 0.576. The number of hydrogen-bond acceptors (Lipinski definition) is 4. The van der Waals surface area contributed by atoms with Crippen LogP contribution in [-0.4, -0.2) is 10.7 Å². The third kappa shape index (κ3) is 2.53. The number of nitrogens with zero attached hydrogens (tertiary/aromatic N) is 2. The van der Waals surface area contributed by atoms with E-state index in [0.29, 0.717) is 16.4 Å². The van der Waals surface area contributed by atoms with E-state index in [4.69, 9.17) is 0 Å². The highest BCUT2D eigenvalue weighted by Gasteiger charge is 2.05. The Morgan fingerprint density at radius 2 is 1.90 bits per heavy atom. The second kappa shape index (κ2) is 5.38. The van der Waals surface area contributed by atoms with Gasteiger partial charge in [-0.1, -0.05) is 41.7 Å². The largest absolute Gasteiger partial charge is 0.252 e. The Morgan fingerprint density at radius 3 is 2.70 bits per heavy atom. The van der Waals surface area contributed by atoms with Gasteiger partial charge in [0.15, 0.2) is 0 Å². The normalized spacial score (nSPS) is 11.8. The fraction of sp³-hybridized carbons (Fsp3) is 0.0667. The van der Waals surface area contributed by atoms with E-state index in [2.05, 4.69) is 15.5 Å². The lowest BCUT2D eigenvalue weighted by molar-refractivity contribution is 0.625. The summed E-state index contributed by atoms with van der Waals surface area (Å²) in [7, 11) is 0. The zero-order chi connectivity index (χ0) is 13.9. The molecule has 0 amide bonds. The molecule has 0 saturated heterocycles. The second-order valence-corrected chi connectivity index (χ2v) is 5.31. The van der Waals surface area contributed by atoms with Gasteiger partial charge < -0.3 is 0 Å². The maximum atomic E-state index is 13.6. The van der Waals surface area contributed by atoms with Gasteiger partial charge in [-0.3, -0.25) is 5.43 Å². The molecule has 2 aromatic carbocycles. The van der Waals surface area contributed by atoms with Crippen LogP contribution in [0.1, 0.15) is 12.5 Å². The number of halogens is 1. The van der Waals surface area contributed by atoms with Gasteiger partial charge in [-0.25, -0.2) is 9.37 Å². The SMILES string of the molecule is CC(=NNc1nc2ccccc2s1)c1ccccc1F. The van der Waals surface area contributed by atoms with Gasteiger partial charge in [-0.15, -0.1) is 0 Å². The summed E-state index contributed by atoms with van der Waals surface area (Å²) in [5.74, 6) is -0.278. The van der Waals surface area contributed by atoms with E-state index < -0.39 is 0 Å². The molecule has 20 heavy (non-hydrogen) atoms. The number of rotatable bonds is 3. The molecular weight excluding hydrogens is 273 g/mol. The Labute approximate surface area is 119 Å². The molecule has 1 aromatic heterocycles. The van der Waals surface area contributed by atoms with E-state index in [9.17, 15) is 4.39 Å². The van der Waals surface area contributed by atoms with Crippen molar-refractivity contribution >= 4 is 32.4 Å². The molecular formula is C15H12FN3S. The van der Waals surface area contributed by atoms with Crippen LogP contribution in [0, 0.1) is 5.82 Å². The number of anilines is 1. The standard InChI is InChI=1S/C15H12FN3S/c1-10(11-6-2-3-7-12(11)16)18-19-15-17-13-8-4-5-9-14(13)20-15/h2-9H,1H3,(H,17,19). The van der Waals surface area contributed by atoms with Crippen molar-refractivity contribution < 1.29 is 4.39 Å². The molecule has 0 aliphatic rings. The predicted octanol–water partition coefficient (Wildman–Crippen LogP) is 4.27. The number of hydrazone groups is 1. The van der Waals surface area contributed by atoms with Crippen LogP contribution in [0.15, 0.2) is 53.6 Å². The molecule has 0 fully saturated rings. The molecule has 5 heteroatoms. The summed E-state index contributed by atoms with van der Waals surface area (Å²) in [5, 5.41) is 4.89. The lowest BCUT2D eigenvalue weighted by Crippen LogP contribution is -2.02. The van der Waals surface area contributed by atoms with Crippen molar-refractivity contribution in [3.8, 4) is 0 Å². The number of hydrogen-bond donors (Lipinski definition) is 1. The van der Waals surface area contributed by atoms with Gasteiger partial charge in [0.25, 0.3) is 0 Å². The fourth-order valence-corrected chi connectivity index (χ4v) is 2.68. The van der Waals surface area contributed by atoms with Crippen molar-refractivity contribution in [1.29, 1.82) is 0 Å².